The summed E-state index contributed by atoms with van der Waals surface area (Å²) < 4.78 is 0. The van der Waals surface area contributed by atoms with Crippen LogP contribution in [0.1, 0.15) is 32.3 Å². The molecule has 0 fully saturated rings. The summed E-state index contributed by atoms with van der Waals surface area (Å²) in [6, 6.07) is 8.17. The van der Waals surface area contributed by atoms with E-state index in [1.807, 2.05) is 12.1 Å². The highest BCUT2D eigenvalue weighted by Gasteiger charge is 2.03. The predicted molar refractivity (Wildman–Crippen MR) is 75.1 cm³/mol. The molecule has 0 heterocycles. The molecule has 1 aromatic rings. The fraction of sp³-hybridized carbons (Fsp3) is 0.462. The molecule has 0 aliphatic heterocycles. The summed E-state index contributed by atoms with van der Waals surface area (Å²) in [6.07, 6.45) is 2.45. The molecule has 0 aliphatic carbocycles. The fourth-order valence-corrected chi connectivity index (χ4v) is 1.79. The third-order valence-corrected chi connectivity index (χ3v) is 2.92. The van der Waals surface area contributed by atoms with Crippen LogP contribution in [-0.4, -0.2) is 18.1 Å². The molecule has 88 valence electrons. The molecule has 16 heavy (non-hydrogen) atoms. The molecule has 0 saturated heterocycles. The highest BCUT2D eigenvalue weighted by atomic mass is 32.1. The summed E-state index contributed by atoms with van der Waals surface area (Å²) in [7, 11) is 0. The molecule has 0 spiro atoms. The zero-order valence-electron chi connectivity index (χ0n) is 10.1. The number of unbranched alkanes of at least 4 members (excludes halogenated alkanes) is 1. The minimum absolute atomic E-state index is 0.461. The minimum Gasteiger partial charge on any atom is -0.389 e. The van der Waals surface area contributed by atoms with E-state index >= 15 is 0 Å². The number of anilines is 1. The summed E-state index contributed by atoms with van der Waals surface area (Å²) in [6.45, 7) is 6.53. The molecule has 0 unspecified atom stereocenters. The van der Waals surface area contributed by atoms with Crippen LogP contribution >= 0.6 is 12.2 Å². The van der Waals surface area contributed by atoms with Crippen molar-refractivity contribution in [3.63, 3.8) is 0 Å². The van der Waals surface area contributed by atoms with E-state index in [1.165, 1.54) is 18.5 Å². The van der Waals surface area contributed by atoms with Gasteiger partial charge in [0.15, 0.2) is 0 Å². The maximum atomic E-state index is 5.57. The average Bonchev–Trinajstić information content (AvgIpc) is 2.30. The van der Waals surface area contributed by atoms with Gasteiger partial charge >= 0.3 is 0 Å². The first-order valence-corrected chi connectivity index (χ1v) is 6.24. The SMILES string of the molecule is CCCCN(CC)c1ccc(C(N)=S)cc1. The number of hydrogen-bond acceptors (Lipinski definition) is 2. The standard InChI is InChI=1S/C13H20N2S/c1-3-5-10-15(4-2)12-8-6-11(7-9-12)13(14)16/h6-9H,3-5,10H2,1-2H3,(H2,14,16). The highest BCUT2D eigenvalue weighted by Crippen LogP contribution is 2.15. The number of benzene rings is 1. The van der Waals surface area contributed by atoms with Gasteiger partial charge in [-0.2, -0.15) is 0 Å². The van der Waals surface area contributed by atoms with E-state index in [-0.39, 0.29) is 0 Å². The molecular formula is C13H20N2S. The predicted octanol–water partition coefficient (Wildman–Crippen LogP) is 2.95. The molecule has 0 bridgehead atoms. The van der Waals surface area contributed by atoms with Gasteiger partial charge in [0.05, 0.1) is 0 Å². The van der Waals surface area contributed by atoms with Crippen molar-refractivity contribution in [3.8, 4) is 0 Å². The molecule has 1 aromatic carbocycles. The Morgan fingerprint density at radius 2 is 1.88 bits per heavy atom. The van der Waals surface area contributed by atoms with E-state index in [0.29, 0.717) is 4.99 Å². The van der Waals surface area contributed by atoms with Crippen LogP contribution < -0.4 is 10.6 Å². The van der Waals surface area contributed by atoms with Crippen molar-refractivity contribution >= 4 is 22.9 Å². The maximum Gasteiger partial charge on any atom is 0.103 e. The lowest BCUT2D eigenvalue weighted by Gasteiger charge is -2.23. The van der Waals surface area contributed by atoms with Gasteiger partial charge in [-0.1, -0.05) is 25.6 Å². The van der Waals surface area contributed by atoms with Crippen LogP contribution in [0.15, 0.2) is 24.3 Å². The molecule has 0 saturated carbocycles. The molecular weight excluding hydrogens is 216 g/mol. The molecule has 1 rings (SSSR count). The zero-order valence-corrected chi connectivity index (χ0v) is 10.9. The van der Waals surface area contributed by atoms with Crippen LogP contribution in [0.5, 0.6) is 0 Å². The number of rotatable bonds is 6. The van der Waals surface area contributed by atoms with Crippen molar-refractivity contribution in [2.45, 2.75) is 26.7 Å². The van der Waals surface area contributed by atoms with Crippen molar-refractivity contribution in [2.75, 3.05) is 18.0 Å². The van der Waals surface area contributed by atoms with Crippen LogP contribution in [-0.2, 0) is 0 Å². The second-order valence-electron chi connectivity index (χ2n) is 3.84. The van der Waals surface area contributed by atoms with Gasteiger partial charge in [0.1, 0.15) is 4.99 Å². The maximum absolute atomic E-state index is 5.57. The van der Waals surface area contributed by atoms with E-state index in [1.54, 1.807) is 0 Å². The minimum atomic E-state index is 0.461. The lowest BCUT2D eigenvalue weighted by Crippen LogP contribution is -2.23. The Kier molecular flexibility index (Phi) is 5.26. The molecule has 0 aromatic heterocycles. The van der Waals surface area contributed by atoms with Gasteiger partial charge in [0, 0.05) is 24.3 Å². The van der Waals surface area contributed by atoms with E-state index < -0.39 is 0 Å². The monoisotopic (exact) mass is 236 g/mol. The van der Waals surface area contributed by atoms with E-state index in [2.05, 4.69) is 30.9 Å². The summed E-state index contributed by atoms with van der Waals surface area (Å²) in [5, 5.41) is 0. The highest BCUT2D eigenvalue weighted by molar-refractivity contribution is 7.80. The normalized spacial score (nSPS) is 10.1. The first-order chi connectivity index (χ1) is 7.69. The van der Waals surface area contributed by atoms with Gasteiger partial charge in [0.25, 0.3) is 0 Å². The van der Waals surface area contributed by atoms with Crippen molar-refractivity contribution in [1.82, 2.24) is 0 Å². The molecule has 2 nitrogen and oxygen atoms in total. The average molecular weight is 236 g/mol. The Balaban J connectivity index is 2.74. The lowest BCUT2D eigenvalue weighted by molar-refractivity contribution is 0.732. The van der Waals surface area contributed by atoms with Gasteiger partial charge in [0.2, 0.25) is 0 Å². The smallest absolute Gasteiger partial charge is 0.103 e. The fourth-order valence-electron chi connectivity index (χ4n) is 1.66. The molecule has 3 heteroatoms. The van der Waals surface area contributed by atoms with Crippen molar-refractivity contribution < 1.29 is 0 Å². The van der Waals surface area contributed by atoms with Gasteiger partial charge in [-0.25, -0.2) is 0 Å². The van der Waals surface area contributed by atoms with Crippen molar-refractivity contribution in [1.29, 1.82) is 0 Å². The molecule has 0 atom stereocenters. The number of nitrogens with two attached hydrogens (primary N) is 1. The summed E-state index contributed by atoms with van der Waals surface area (Å²) in [5.41, 5.74) is 7.75. The van der Waals surface area contributed by atoms with Crippen LogP contribution in [0.3, 0.4) is 0 Å². The largest absolute Gasteiger partial charge is 0.389 e. The lowest BCUT2D eigenvalue weighted by atomic mass is 10.2. The van der Waals surface area contributed by atoms with E-state index in [0.717, 1.165) is 18.7 Å². The number of thiocarbonyl (C=S) groups is 1. The second-order valence-corrected chi connectivity index (χ2v) is 4.28. The molecule has 0 radical (unpaired) electrons. The Morgan fingerprint density at radius 1 is 1.25 bits per heavy atom. The third kappa shape index (κ3) is 3.49. The molecule has 0 amide bonds. The Bertz CT molecular complexity index is 332. The van der Waals surface area contributed by atoms with Crippen LogP contribution in [0.25, 0.3) is 0 Å². The second kappa shape index (κ2) is 6.48. The number of nitrogens with zero attached hydrogens (tertiary/aromatic N) is 1. The van der Waals surface area contributed by atoms with Gasteiger partial charge in [-0.3, -0.25) is 0 Å². The first-order valence-electron chi connectivity index (χ1n) is 5.83. The van der Waals surface area contributed by atoms with Crippen LogP contribution in [0, 0.1) is 0 Å². The number of hydrogen-bond donors (Lipinski definition) is 1. The topological polar surface area (TPSA) is 29.3 Å². The van der Waals surface area contributed by atoms with Crippen LogP contribution in [0.2, 0.25) is 0 Å². The summed E-state index contributed by atoms with van der Waals surface area (Å²) in [5.74, 6) is 0. The van der Waals surface area contributed by atoms with Crippen molar-refractivity contribution in [3.05, 3.63) is 29.8 Å². The van der Waals surface area contributed by atoms with E-state index in [9.17, 15) is 0 Å². The molecule has 0 aliphatic rings. The summed E-state index contributed by atoms with van der Waals surface area (Å²) in [4.78, 5) is 2.83. The van der Waals surface area contributed by atoms with Gasteiger partial charge in [-0.05, 0) is 37.6 Å². The Hall–Kier alpha value is -1.09. The van der Waals surface area contributed by atoms with Crippen molar-refractivity contribution in [2.24, 2.45) is 5.73 Å². The Morgan fingerprint density at radius 3 is 2.31 bits per heavy atom. The zero-order chi connectivity index (χ0) is 12.0. The van der Waals surface area contributed by atoms with E-state index in [4.69, 9.17) is 18.0 Å². The van der Waals surface area contributed by atoms with Crippen LogP contribution in [0.4, 0.5) is 5.69 Å². The quantitative estimate of drug-likeness (QED) is 0.770. The summed E-state index contributed by atoms with van der Waals surface area (Å²) >= 11 is 4.93. The first kappa shape index (κ1) is 13.0. The molecule has 2 N–H and O–H groups in total. The third-order valence-electron chi connectivity index (χ3n) is 2.68. The van der Waals surface area contributed by atoms with Gasteiger partial charge < -0.3 is 10.6 Å². The Labute approximate surface area is 103 Å². The van der Waals surface area contributed by atoms with Gasteiger partial charge in [-0.15, -0.1) is 0 Å².